The molecule has 0 spiro atoms. The molecule has 0 radical (unpaired) electrons. The van der Waals surface area contributed by atoms with E-state index < -0.39 is 6.10 Å². The Balaban J connectivity index is 0.00000140. The monoisotopic (exact) mass is 447 g/mol. The Bertz CT molecular complexity index is 830. The van der Waals surface area contributed by atoms with Crippen LogP contribution in [0.2, 0.25) is 5.02 Å². The molecule has 1 fully saturated rings. The molecule has 1 saturated heterocycles. The van der Waals surface area contributed by atoms with Crippen LogP contribution in [0, 0.1) is 0 Å². The van der Waals surface area contributed by atoms with Crippen LogP contribution in [0.5, 0.6) is 0 Å². The largest absolute Gasteiger partial charge is 0.392 e. The molecule has 2 atom stereocenters. The predicted octanol–water partition coefficient (Wildman–Crippen LogP) is 2.83. The standard InChI is InChI=1S/C18H22ClN5O2.2ClH/c19-14-6-5-11(21-18(26)15-9-12(25)10-20-15)8-13(14)17-23-22-16-4-2-1-3-7-24(16)17;;/h5-6,8,12,15,20,25H,1-4,7,9-10H2,(H,21,26);2*1H. The highest BCUT2D eigenvalue weighted by Crippen LogP contribution is 2.31. The van der Waals surface area contributed by atoms with Gasteiger partial charge in [0.2, 0.25) is 5.91 Å². The van der Waals surface area contributed by atoms with Gasteiger partial charge in [-0.25, -0.2) is 0 Å². The van der Waals surface area contributed by atoms with Gasteiger partial charge in [-0.15, -0.1) is 35.0 Å². The van der Waals surface area contributed by atoms with Gasteiger partial charge in [-0.2, -0.15) is 0 Å². The molecular formula is C18H24Cl3N5O2. The number of anilines is 1. The lowest BCUT2D eigenvalue weighted by Crippen LogP contribution is -2.35. The molecular weight excluding hydrogens is 425 g/mol. The number of benzene rings is 1. The number of carbonyl (C=O) groups is 1. The maximum absolute atomic E-state index is 12.4. The first kappa shape index (κ1) is 22.9. The summed E-state index contributed by atoms with van der Waals surface area (Å²) in [5, 5.41) is 24.7. The summed E-state index contributed by atoms with van der Waals surface area (Å²) in [6, 6.07) is 5.00. The van der Waals surface area contributed by atoms with Crippen LogP contribution in [-0.4, -0.2) is 44.5 Å². The second-order valence-electron chi connectivity index (χ2n) is 6.94. The van der Waals surface area contributed by atoms with E-state index in [2.05, 4.69) is 25.4 Å². The number of halogens is 3. The number of aryl methyl sites for hydroxylation is 1. The van der Waals surface area contributed by atoms with Crippen molar-refractivity contribution in [1.29, 1.82) is 0 Å². The molecule has 7 nitrogen and oxygen atoms in total. The van der Waals surface area contributed by atoms with Gasteiger partial charge in [-0.05, 0) is 37.5 Å². The van der Waals surface area contributed by atoms with Gasteiger partial charge < -0.3 is 20.3 Å². The van der Waals surface area contributed by atoms with Crippen LogP contribution in [0.3, 0.4) is 0 Å². The number of rotatable bonds is 3. The molecule has 2 aliphatic rings. The molecule has 154 valence electrons. The summed E-state index contributed by atoms with van der Waals surface area (Å²) in [6.45, 7) is 1.32. The maximum Gasteiger partial charge on any atom is 0.241 e. The summed E-state index contributed by atoms with van der Waals surface area (Å²) in [6.07, 6.45) is 4.29. The Kier molecular flexibility index (Phi) is 8.09. The van der Waals surface area contributed by atoms with Crippen molar-refractivity contribution >= 4 is 48.0 Å². The molecule has 3 N–H and O–H groups in total. The number of fused-ring (bicyclic) bond motifs is 1. The van der Waals surface area contributed by atoms with Crippen molar-refractivity contribution in [3.05, 3.63) is 29.0 Å². The zero-order chi connectivity index (χ0) is 18.1. The summed E-state index contributed by atoms with van der Waals surface area (Å²) in [5.41, 5.74) is 1.42. The van der Waals surface area contributed by atoms with E-state index in [0.717, 1.165) is 43.0 Å². The van der Waals surface area contributed by atoms with Crippen molar-refractivity contribution < 1.29 is 9.90 Å². The van der Waals surface area contributed by atoms with Gasteiger partial charge in [-0.1, -0.05) is 18.0 Å². The van der Waals surface area contributed by atoms with E-state index in [1.54, 1.807) is 12.1 Å². The van der Waals surface area contributed by atoms with E-state index in [9.17, 15) is 9.90 Å². The third-order valence-corrected chi connectivity index (χ3v) is 5.34. The Morgan fingerprint density at radius 3 is 2.82 bits per heavy atom. The van der Waals surface area contributed by atoms with E-state index in [0.29, 0.717) is 23.7 Å². The number of nitrogens with one attached hydrogen (secondary N) is 2. The van der Waals surface area contributed by atoms with Crippen molar-refractivity contribution in [2.24, 2.45) is 0 Å². The molecule has 1 aromatic carbocycles. The first-order valence-electron chi connectivity index (χ1n) is 9.06. The van der Waals surface area contributed by atoms with Crippen LogP contribution >= 0.6 is 36.4 Å². The number of aliphatic hydroxyl groups is 1. The fourth-order valence-electron chi connectivity index (χ4n) is 3.60. The van der Waals surface area contributed by atoms with Gasteiger partial charge in [0.05, 0.1) is 17.2 Å². The predicted molar refractivity (Wildman–Crippen MR) is 114 cm³/mol. The van der Waals surface area contributed by atoms with Gasteiger partial charge in [0.25, 0.3) is 0 Å². The fourth-order valence-corrected chi connectivity index (χ4v) is 3.81. The summed E-state index contributed by atoms with van der Waals surface area (Å²) >= 11 is 6.41. The second-order valence-corrected chi connectivity index (χ2v) is 7.34. The highest BCUT2D eigenvalue weighted by Gasteiger charge is 2.28. The molecule has 10 heteroatoms. The van der Waals surface area contributed by atoms with Crippen LogP contribution in [-0.2, 0) is 17.8 Å². The minimum absolute atomic E-state index is 0. The highest BCUT2D eigenvalue weighted by molar-refractivity contribution is 6.33. The van der Waals surface area contributed by atoms with Crippen molar-refractivity contribution in [3.8, 4) is 11.4 Å². The Morgan fingerprint density at radius 1 is 1.25 bits per heavy atom. The van der Waals surface area contributed by atoms with E-state index in [1.165, 1.54) is 6.42 Å². The van der Waals surface area contributed by atoms with Gasteiger partial charge >= 0.3 is 0 Å². The van der Waals surface area contributed by atoms with Crippen LogP contribution in [0.1, 0.15) is 31.5 Å². The lowest BCUT2D eigenvalue weighted by Gasteiger charge is -2.13. The van der Waals surface area contributed by atoms with Gasteiger partial charge in [0.15, 0.2) is 5.82 Å². The highest BCUT2D eigenvalue weighted by atomic mass is 35.5. The number of carbonyl (C=O) groups excluding carboxylic acids is 1. The number of aromatic nitrogens is 3. The Morgan fingerprint density at radius 2 is 2.07 bits per heavy atom. The molecule has 4 rings (SSSR count). The third kappa shape index (κ3) is 4.78. The molecule has 3 heterocycles. The van der Waals surface area contributed by atoms with E-state index in [-0.39, 0.29) is 36.8 Å². The Labute approximate surface area is 181 Å². The van der Waals surface area contributed by atoms with Gasteiger partial charge in [-0.3, -0.25) is 4.79 Å². The fraction of sp³-hybridized carbons (Fsp3) is 0.500. The van der Waals surface area contributed by atoms with E-state index >= 15 is 0 Å². The van der Waals surface area contributed by atoms with Crippen LogP contribution < -0.4 is 10.6 Å². The van der Waals surface area contributed by atoms with Crippen molar-refractivity contribution in [3.63, 3.8) is 0 Å². The minimum Gasteiger partial charge on any atom is -0.392 e. The molecule has 0 saturated carbocycles. The van der Waals surface area contributed by atoms with Gasteiger partial charge in [0.1, 0.15) is 5.82 Å². The SMILES string of the molecule is Cl.Cl.O=C(Nc1ccc(Cl)c(-c2nnc3n2CCCCC3)c1)C1CC(O)CN1. The zero-order valence-electron chi connectivity index (χ0n) is 15.2. The van der Waals surface area contributed by atoms with Gasteiger partial charge in [0, 0.05) is 30.8 Å². The van der Waals surface area contributed by atoms with E-state index in [4.69, 9.17) is 11.6 Å². The molecule has 0 aliphatic carbocycles. The van der Waals surface area contributed by atoms with Crippen LogP contribution in [0.15, 0.2) is 18.2 Å². The molecule has 1 aromatic heterocycles. The summed E-state index contributed by atoms with van der Waals surface area (Å²) in [7, 11) is 0. The molecule has 2 aliphatic heterocycles. The summed E-state index contributed by atoms with van der Waals surface area (Å²) in [5.74, 6) is 1.58. The van der Waals surface area contributed by atoms with Crippen molar-refractivity contribution in [2.45, 2.75) is 50.8 Å². The van der Waals surface area contributed by atoms with E-state index in [1.807, 2.05) is 6.07 Å². The van der Waals surface area contributed by atoms with Crippen LogP contribution in [0.25, 0.3) is 11.4 Å². The number of nitrogens with zero attached hydrogens (tertiary/aromatic N) is 3. The zero-order valence-corrected chi connectivity index (χ0v) is 17.6. The number of amides is 1. The lowest BCUT2D eigenvalue weighted by atomic mass is 10.1. The normalized spacial score (nSPS) is 21.1. The number of hydrogen-bond acceptors (Lipinski definition) is 5. The number of β-amino-alcohol motifs (C(OH)–C–C–N with tert-alkyl or cyclic N) is 1. The van der Waals surface area contributed by atoms with Crippen molar-refractivity contribution in [2.75, 3.05) is 11.9 Å². The molecule has 0 bridgehead atoms. The summed E-state index contributed by atoms with van der Waals surface area (Å²) in [4.78, 5) is 12.4. The average Bonchev–Trinajstić information content (AvgIpc) is 3.16. The lowest BCUT2D eigenvalue weighted by molar-refractivity contribution is -0.117. The average molecular weight is 449 g/mol. The number of hydrogen-bond donors (Lipinski definition) is 3. The minimum atomic E-state index is -0.474. The smallest absolute Gasteiger partial charge is 0.241 e. The maximum atomic E-state index is 12.4. The number of aliphatic hydroxyl groups excluding tert-OH is 1. The molecule has 2 unspecified atom stereocenters. The first-order chi connectivity index (χ1) is 12.6. The van der Waals surface area contributed by atoms with Crippen LogP contribution in [0.4, 0.5) is 5.69 Å². The molecule has 2 aromatic rings. The Hall–Kier alpha value is -1.38. The second kappa shape index (κ2) is 9.89. The summed E-state index contributed by atoms with van der Waals surface area (Å²) < 4.78 is 2.13. The first-order valence-corrected chi connectivity index (χ1v) is 9.44. The topological polar surface area (TPSA) is 92.1 Å². The molecule has 28 heavy (non-hydrogen) atoms. The van der Waals surface area contributed by atoms with Crippen molar-refractivity contribution in [1.82, 2.24) is 20.1 Å². The third-order valence-electron chi connectivity index (χ3n) is 5.01. The molecule has 1 amide bonds. The quantitative estimate of drug-likeness (QED) is 0.671.